The summed E-state index contributed by atoms with van der Waals surface area (Å²) >= 11 is 0. The van der Waals surface area contributed by atoms with E-state index >= 15 is 0 Å². The van der Waals surface area contributed by atoms with Crippen LogP contribution in [0.15, 0.2) is 12.2 Å². The maximum absolute atomic E-state index is 12.7. The Bertz CT molecular complexity index is 408. The summed E-state index contributed by atoms with van der Waals surface area (Å²) < 4.78 is 5.09. The second-order valence-electron chi connectivity index (χ2n) is 6.23. The first-order valence-electron chi connectivity index (χ1n) is 7.60. The molecule has 0 aromatic carbocycles. The van der Waals surface area contributed by atoms with Crippen LogP contribution < -0.4 is 0 Å². The lowest BCUT2D eigenvalue weighted by atomic mass is 9.83. The number of rotatable bonds is 6. The standard InChI is InChI=1S/C16H25NO3/c1-4-17(9-10-20-14(18)12(2)3)15(19)16-7-5-13(11-16)6-8-16/h13H,2,4-11H2,1,3H3. The fraction of sp³-hybridized carbons (Fsp3) is 0.750. The van der Waals surface area contributed by atoms with Gasteiger partial charge in [0.1, 0.15) is 6.61 Å². The van der Waals surface area contributed by atoms with Gasteiger partial charge >= 0.3 is 5.97 Å². The number of hydrogen-bond acceptors (Lipinski definition) is 3. The maximum Gasteiger partial charge on any atom is 0.333 e. The molecule has 2 rings (SSSR count). The van der Waals surface area contributed by atoms with Crippen LogP contribution in [0.3, 0.4) is 0 Å². The van der Waals surface area contributed by atoms with Crippen molar-refractivity contribution in [3.8, 4) is 0 Å². The number of nitrogens with zero attached hydrogens (tertiary/aromatic N) is 1. The Balaban J connectivity index is 1.87. The summed E-state index contributed by atoms with van der Waals surface area (Å²) in [5, 5.41) is 0. The van der Waals surface area contributed by atoms with Gasteiger partial charge in [-0.05, 0) is 51.9 Å². The van der Waals surface area contributed by atoms with E-state index in [1.54, 1.807) is 6.92 Å². The number of likely N-dealkylation sites (N-methyl/N-ethyl adjacent to an activating group) is 1. The van der Waals surface area contributed by atoms with Crippen LogP contribution in [0.25, 0.3) is 0 Å². The van der Waals surface area contributed by atoms with Crippen molar-refractivity contribution < 1.29 is 14.3 Å². The Labute approximate surface area is 121 Å². The third-order valence-corrected chi connectivity index (χ3v) is 4.81. The molecule has 1 amide bonds. The lowest BCUT2D eigenvalue weighted by Gasteiger charge is -2.32. The largest absolute Gasteiger partial charge is 0.460 e. The summed E-state index contributed by atoms with van der Waals surface area (Å²) in [5.74, 6) is 0.652. The van der Waals surface area contributed by atoms with Crippen molar-refractivity contribution in [3.05, 3.63) is 12.2 Å². The molecule has 0 saturated heterocycles. The summed E-state index contributed by atoms with van der Waals surface area (Å²) in [6, 6.07) is 0. The molecule has 4 heteroatoms. The molecular formula is C16H25NO3. The zero-order chi connectivity index (χ0) is 14.8. The molecule has 0 atom stereocenters. The first-order chi connectivity index (χ1) is 9.48. The van der Waals surface area contributed by atoms with Gasteiger partial charge in [-0.1, -0.05) is 6.58 Å². The molecule has 0 unspecified atom stereocenters. The number of fused-ring (bicyclic) bond motifs is 2. The fourth-order valence-electron chi connectivity index (χ4n) is 3.60. The second-order valence-corrected chi connectivity index (χ2v) is 6.23. The molecular weight excluding hydrogens is 254 g/mol. The Morgan fingerprint density at radius 2 is 2.00 bits per heavy atom. The Hall–Kier alpha value is -1.32. The van der Waals surface area contributed by atoms with Crippen molar-refractivity contribution in [1.29, 1.82) is 0 Å². The van der Waals surface area contributed by atoms with E-state index in [4.69, 9.17) is 4.74 Å². The summed E-state index contributed by atoms with van der Waals surface area (Å²) in [6.45, 7) is 8.57. The molecule has 0 aromatic rings. The third-order valence-electron chi connectivity index (χ3n) is 4.81. The molecule has 2 saturated carbocycles. The van der Waals surface area contributed by atoms with E-state index in [1.165, 1.54) is 12.8 Å². The highest BCUT2D eigenvalue weighted by atomic mass is 16.5. The van der Waals surface area contributed by atoms with E-state index in [0.29, 0.717) is 18.7 Å². The predicted octanol–water partition coefficient (Wildman–Crippen LogP) is 2.53. The SMILES string of the molecule is C=C(C)C(=O)OCCN(CC)C(=O)C12CCC(CC1)C2. The van der Waals surface area contributed by atoms with Crippen LogP contribution in [0.1, 0.15) is 46.0 Å². The molecule has 0 radical (unpaired) electrons. The van der Waals surface area contributed by atoms with Crippen molar-refractivity contribution in [2.45, 2.75) is 46.0 Å². The Kier molecular flexibility index (Phi) is 4.51. The fourth-order valence-corrected chi connectivity index (χ4v) is 3.60. The van der Waals surface area contributed by atoms with E-state index < -0.39 is 0 Å². The first kappa shape index (κ1) is 15.1. The highest BCUT2D eigenvalue weighted by Crippen LogP contribution is 2.54. The van der Waals surface area contributed by atoms with Gasteiger partial charge in [-0.15, -0.1) is 0 Å². The highest BCUT2D eigenvalue weighted by molar-refractivity contribution is 5.87. The molecule has 2 aliphatic rings. The van der Waals surface area contributed by atoms with Gasteiger partial charge in [0, 0.05) is 17.5 Å². The van der Waals surface area contributed by atoms with Gasteiger partial charge in [-0.2, -0.15) is 0 Å². The van der Waals surface area contributed by atoms with Crippen LogP contribution in [0.5, 0.6) is 0 Å². The van der Waals surface area contributed by atoms with E-state index in [9.17, 15) is 9.59 Å². The van der Waals surface area contributed by atoms with Gasteiger partial charge in [0.2, 0.25) is 5.91 Å². The van der Waals surface area contributed by atoms with Crippen LogP contribution >= 0.6 is 0 Å². The number of esters is 1. The topological polar surface area (TPSA) is 46.6 Å². The van der Waals surface area contributed by atoms with E-state index in [2.05, 4.69) is 6.58 Å². The quantitative estimate of drug-likeness (QED) is 0.554. The lowest BCUT2D eigenvalue weighted by molar-refractivity contribution is -0.146. The van der Waals surface area contributed by atoms with Crippen molar-refractivity contribution in [2.24, 2.45) is 11.3 Å². The van der Waals surface area contributed by atoms with E-state index in [-0.39, 0.29) is 23.9 Å². The molecule has 0 spiro atoms. The Morgan fingerprint density at radius 3 is 2.45 bits per heavy atom. The molecule has 112 valence electrons. The zero-order valence-corrected chi connectivity index (χ0v) is 12.6. The maximum atomic E-state index is 12.7. The van der Waals surface area contributed by atoms with Gasteiger partial charge in [-0.25, -0.2) is 4.79 Å². The average molecular weight is 279 g/mol. The van der Waals surface area contributed by atoms with E-state index in [1.807, 2.05) is 11.8 Å². The summed E-state index contributed by atoms with van der Waals surface area (Å²) in [6.07, 6.45) is 5.55. The van der Waals surface area contributed by atoms with Gasteiger partial charge in [0.25, 0.3) is 0 Å². The number of carbonyl (C=O) groups excluding carboxylic acids is 2. The van der Waals surface area contributed by atoms with Crippen molar-refractivity contribution >= 4 is 11.9 Å². The molecule has 0 aromatic heterocycles. The minimum absolute atomic E-state index is 0.0982. The van der Waals surface area contributed by atoms with Crippen molar-refractivity contribution in [3.63, 3.8) is 0 Å². The monoisotopic (exact) mass is 279 g/mol. The van der Waals surface area contributed by atoms with Gasteiger partial charge in [0.05, 0.1) is 6.54 Å². The lowest BCUT2D eigenvalue weighted by Crippen LogP contribution is -2.43. The molecule has 2 fully saturated rings. The molecule has 0 aliphatic heterocycles. The molecule has 2 bridgehead atoms. The zero-order valence-electron chi connectivity index (χ0n) is 12.6. The molecule has 0 heterocycles. The predicted molar refractivity (Wildman–Crippen MR) is 77.0 cm³/mol. The number of ether oxygens (including phenoxy) is 1. The van der Waals surface area contributed by atoms with Crippen LogP contribution in [-0.2, 0) is 14.3 Å². The van der Waals surface area contributed by atoms with Crippen LogP contribution in [0.4, 0.5) is 0 Å². The molecule has 0 N–H and O–H groups in total. The molecule has 2 aliphatic carbocycles. The normalized spacial score (nSPS) is 27.4. The smallest absolute Gasteiger partial charge is 0.333 e. The number of hydrogen-bond donors (Lipinski definition) is 0. The summed E-state index contributed by atoms with van der Waals surface area (Å²) in [4.78, 5) is 25.9. The van der Waals surface area contributed by atoms with E-state index in [0.717, 1.165) is 25.2 Å². The number of carbonyl (C=O) groups is 2. The molecule has 4 nitrogen and oxygen atoms in total. The van der Waals surface area contributed by atoms with Crippen molar-refractivity contribution in [2.75, 3.05) is 19.7 Å². The van der Waals surface area contributed by atoms with Gasteiger partial charge < -0.3 is 9.64 Å². The average Bonchev–Trinajstić information content (AvgIpc) is 3.04. The highest BCUT2D eigenvalue weighted by Gasteiger charge is 2.51. The number of amides is 1. The van der Waals surface area contributed by atoms with Crippen LogP contribution in [-0.4, -0.2) is 36.5 Å². The second kappa shape index (κ2) is 5.98. The minimum Gasteiger partial charge on any atom is -0.460 e. The van der Waals surface area contributed by atoms with Crippen LogP contribution in [0, 0.1) is 11.3 Å². The Morgan fingerprint density at radius 1 is 1.35 bits per heavy atom. The van der Waals surface area contributed by atoms with Gasteiger partial charge in [-0.3, -0.25) is 4.79 Å². The first-order valence-corrected chi connectivity index (χ1v) is 7.60. The van der Waals surface area contributed by atoms with Gasteiger partial charge in [0.15, 0.2) is 0 Å². The molecule has 20 heavy (non-hydrogen) atoms. The summed E-state index contributed by atoms with van der Waals surface area (Å²) in [5.41, 5.74) is 0.298. The summed E-state index contributed by atoms with van der Waals surface area (Å²) in [7, 11) is 0. The van der Waals surface area contributed by atoms with Crippen molar-refractivity contribution in [1.82, 2.24) is 4.90 Å². The van der Waals surface area contributed by atoms with Crippen LogP contribution in [0.2, 0.25) is 0 Å². The minimum atomic E-state index is -0.381. The third kappa shape index (κ3) is 2.89.